The van der Waals surface area contributed by atoms with E-state index in [1.54, 1.807) is 12.4 Å². The molecule has 1 N–H and O–H groups in total. The van der Waals surface area contributed by atoms with Gasteiger partial charge < -0.3 is 5.32 Å². The monoisotopic (exact) mass is 334 g/mol. The SMILES string of the molecule is Cc1nn(-c2ccncc2)cc1CN1CCNCC1c1ccncc1. The molecule has 25 heavy (non-hydrogen) atoms. The van der Waals surface area contributed by atoms with Crippen LogP contribution in [0.15, 0.2) is 55.2 Å². The minimum Gasteiger partial charge on any atom is -0.314 e. The molecule has 1 atom stereocenters. The van der Waals surface area contributed by atoms with Crippen LogP contribution in [0.3, 0.4) is 0 Å². The molecule has 1 aliphatic heterocycles. The minimum absolute atomic E-state index is 0.362. The van der Waals surface area contributed by atoms with Gasteiger partial charge in [0.2, 0.25) is 0 Å². The van der Waals surface area contributed by atoms with Crippen LogP contribution in [-0.4, -0.2) is 44.3 Å². The molecule has 0 radical (unpaired) electrons. The molecule has 0 saturated carbocycles. The van der Waals surface area contributed by atoms with Gasteiger partial charge in [-0.05, 0) is 36.8 Å². The summed E-state index contributed by atoms with van der Waals surface area (Å²) in [6.07, 6.45) is 9.46. The first kappa shape index (κ1) is 15.9. The molecule has 4 heterocycles. The molecule has 1 aliphatic rings. The Hall–Kier alpha value is -2.57. The lowest BCUT2D eigenvalue weighted by Gasteiger charge is -2.36. The van der Waals surface area contributed by atoms with Crippen LogP contribution in [0.25, 0.3) is 5.69 Å². The molecule has 0 bridgehead atoms. The van der Waals surface area contributed by atoms with Gasteiger partial charge in [-0.1, -0.05) is 0 Å². The number of nitrogens with one attached hydrogen (secondary N) is 1. The molecule has 3 aromatic rings. The summed E-state index contributed by atoms with van der Waals surface area (Å²) in [5.41, 5.74) is 4.68. The van der Waals surface area contributed by atoms with Gasteiger partial charge in [0.15, 0.2) is 0 Å². The molecule has 4 rings (SSSR count). The van der Waals surface area contributed by atoms with Gasteiger partial charge in [0.25, 0.3) is 0 Å². The lowest BCUT2D eigenvalue weighted by Crippen LogP contribution is -2.45. The fourth-order valence-corrected chi connectivity index (χ4v) is 3.35. The molecular weight excluding hydrogens is 312 g/mol. The Kier molecular flexibility index (Phi) is 4.54. The van der Waals surface area contributed by atoms with Gasteiger partial charge >= 0.3 is 0 Å². The van der Waals surface area contributed by atoms with Gasteiger partial charge in [-0.15, -0.1) is 0 Å². The Balaban J connectivity index is 1.57. The van der Waals surface area contributed by atoms with Crippen LogP contribution in [0.5, 0.6) is 0 Å². The number of aryl methyl sites for hydroxylation is 1. The van der Waals surface area contributed by atoms with Crippen molar-refractivity contribution in [1.82, 2.24) is 30.0 Å². The van der Waals surface area contributed by atoms with E-state index >= 15 is 0 Å². The fourth-order valence-electron chi connectivity index (χ4n) is 3.35. The molecule has 0 amide bonds. The highest BCUT2D eigenvalue weighted by atomic mass is 15.3. The van der Waals surface area contributed by atoms with Crippen molar-refractivity contribution < 1.29 is 0 Å². The highest BCUT2D eigenvalue weighted by Crippen LogP contribution is 2.24. The maximum Gasteiger partial charge on any atom is 0.0676 e. The Morgan fingerprint density at radius 3 is 2.56 bits per heavy atom. The second kappa shape index (κ2) is 7.13. The zero-order chi connectivity index (χ0) is 17.1. The number of aromatic nitrogens is 4. The Morgan fingerprint density at radius 2 is 1.80 bits per heavy atom. The Bertz CT molecular complexity index is 814. The third kappa shape index (κ3) is 3.45. The van der Waals surface area contributed by atoms with Crippen LogP contribution < -0.4 is 5.32 Å². The van der Waals surface area contributed by atoms with Crippen molar-refractivity contribution in [2.24, 2.45) is 0 Å². The predicted molar refractivity (Wildman–Crippen MR) is 96.4 cm³/mol. The third-order valence-electron chi connectivity index (χ3n) is 4.75. The van der Waals surface area contributed by atoms with Gasteiger partial charge in [0, 0.05) is 68.8 Å². The van der Waals surface area contributed by atoms with Gasteiger partial charge in [-0.3, -0.25) is 14.9 Å². The second-order valence-corrected chi connectivity index (χ2v) is 6.36. The summed E-state index contributed by atoms with van der Waals surface area (Å²) in [6.45, 7) is 5.97. The first-order valence-electron chi connectivity index (χ1n) is 8.61. The topological polar surface area (TPSA) is 58.9 Å². The first-order valence-corrected chi connectivity index (χ1v) is 8.61. The minimum atomic E-state index is 0.362. The Labute approximate surface area is 147 Å². The van der Waals surface area contributed by atoms with Gasteiger partial charge in [0.05, 0.1) is 11.4 Å². The zero-order valence-electron chi connectivity index (χ0n) is 14.3. The Morgan fingerprint density at radius 1 is 1.08 bits per heavy atom. The zero-order valence-corrected chi connectivity index (χ0v) is 14.3. The number of hydrogen-bond donors (Lipinski definition) is 1. The van der Waals surface area contributed by atoms with Crippen LogP contribution in [0.1, 0.15) is 22.9 Å². The van der Waals surface area contributed by atoms with Crippen molar-refractivity contribution in [3.05, 3.63) is 72.1 Å². The van der Waals surface area contributed by atoms with E-state index in [-0.39, 0.29) is 0 Å². The fraction of sp³-hybridized carbons (Fsp3) is 0.316. The second-order valence-electron chi connectivity index (χ2n) is 6.36. The molecule has 0 aromatic carbocycles. The van der Waals surface area contributed by atoms with E-state index in [1.807, 2.05) is 29.2 Å². The quantitative estimate of drug-likeness (QED) is 0.792. The van der Waals surface area contributed by atoms with Crippen molar-refractivity contribution in [3.8, 4) is 5.69 Å². The van der Waals surface area contributed by atoms with Crippen molar-refractivity contribution in [3.63, 3.8) is 0 Å². The van der Waals surface area contributed by atoms with E-state index in [2.05, 4.69) is 50.5 Å². The van der Waals surface area contributed by atoms with Crippen molar-refractivity contribution >= 4 is 0 Å². The maximum atomic E-state index is 4.68. The highest BCUT2D eigenvalue weighted by molar-refractivity contribution is 5.30. The standard InChI is InChI=1S/C19H22N6/c1-15-17(14-25(23-15)18-4-8-21-9-5-18)13-24-11-10-22-12-19(24)16-2-6-20-7-3-16/h2-9,14,19,22H,10-13H2,1H3. The van der Waals surface area contributed by atoms with E-state index in [9.17, 15) is 0 Å². The lowest BCUT2D eigenvalue weighted by atomic mass is 10.0. The average molecular weight is 334 g/mol. The number of pyridine rings is 2. The maximum absolute atomic E-state index is 4.68. The molecule has 1 unspecified atom stereocenters. The van der Waals surface area contributed by atoms with Crippen LogP contribution in [0, 0.1) is 6.92 Å². The third-order valence-corrected chi connectivity index (χ3v) is 4.75. The van der Waals surface area contributed by atoms with E-state index < -0.39 is 0 Å². The number of hydrogen-bond acceptors (Lipinski definition) is 5. The van der Waals surface area contributed by atoms with Crippen LogP contribution in [-0.2, 0) is 6.54 Å². The van der Waals surface area contributed by atoms with Crippen molar-refractivity contribution in [2.75, 3.05) is 19.6 Å². The highest BCUT2D eigenvalue weighted by Gasteiger charge is 2.24. The summed E-state index contributed by atoms with van der Waals surface area (Å²) in [6, 6.07) is 8.53. The van der Waals surface area contributed by atoms with Crippen molar-refractivity contribution in [2.45, 2.75) is 19.5 Å². The van der Waals surface area contributed by atoms with Crippen LogP contribution in [0.2, 0.25) is 0 Å². The summed E-state index contributed by atoms with van der Waals surface area (Å²) in [5.74, 6) is 0. The van der Waals surface area contributed by atoms with E-state index in [4.69, 9.17) is 0 Å². The van der Waals surface area contributed by atoms with Crippen molar-refractivity contribution in [1.29, 1.82) is 0 Å². The van der Waals surface area contributed by atoms with E-state index in [1.165, 1.54) is 11.1 Å². The first-order chi connectivity index (χ1) is 12.3. The lowest BCUT2D eigenvalue weighted by molar-refractivity contribution is 0.153. The van der Waals surface area contributed by atoms with E-state index in [0.29, 0.717) is 6.04 Å². The summed E-state index contributed by atoms with van der Waals surface area (Å²) in [5, 5.41) is 8.19. The average Bonchev–Trinajstić information content (AvgIpc) is 3.04. The molecule has 6 nitrogen and oxygen atoms in total. The molecule has 1 saturated heterocycles. The normalized spacial score (nSPS) is 18.4. The molecule has 0 spiro atoms. The summed E-state index contributed by atoms with van der Waals surface area (Å²) < 4.78 is 1.94. The van der Waals surface area contributed by atoms with Crippen LogP contribution in [0.4, 0.5) is 0 Å². The predicted octanol–water partition coefficient (Wildman–Crippen LogP) is 2.12. The molecule has 6 heteroatoms. The summed E-state index contributed by atoms with van der Waals surface area (Å²) in [4.78, 5) is 10.7. The molecule has 1 fully saturated rings. The largest absolute Gasteiger partial charge is 0.314 e. The summed E-state index contributed by atoms with van der Waals surface area (Å²) >= 11 is 0. The molecule has 0 aliphatic carbocycles. The van der Waals surface area contributed by atoms with Gasteiger partial charge in [-0.25, -0.2) is 4.68 Å². The number of rotatable bonds is 4. The molecular formula is C19H22N6. The van der Waals surface area contributed by atoms with Gasteiger partial charge in [0.1, 0.15) is 0 Å². The van der Waals surface area contributed by atoms with E-state index in [0.717, 1.165) is 37.6 Å². The summed E-state index contributed by atoms with van der Waals surface area (Å²) in [7, 11) is 0. The smallest absolute Gasteiger partial charge is 0.0676 e. The van der Waals surface area contributed by atoms with Gasteiger partial charge in [-0.2, -0.15) is 5.10 Å². The number of piperazine rings is 1. The number of nitrogens with zero attached hydrogens (tertiary/aromatic N) is 5. The molecule has 128 valence electrons. The molecule has 3 aromatic heterocycles. The van der Waals surface area contributed by atoms with Crippen LogP contribution >= 0.6 is 0 Å².